The van der Waals surface area contributed by atoms with Crippen molar-refractivity contribution in [3.05, 3.63) is 63.6 Å². The predicted octanol–water partition coefficient (Wildman–Crippen LogP) is 6.83. The Labute approximate surface area is 237 Å². The molecule has 2 unspecified atom stereocenters. The number of hydrogen-bond donors (Lipinski definition) is 0. The molecular weight excluding hydrogens is 519 g/mol. The predicted molar refractivity (Wildman–Crippen MR) is 153 cm³/mol. The molecule has 4 aliphatic heterocycles. The second-order valence-electron chi connectivity index (χ2n) is 11.8. The lowest BCUT2D eigenvalue weighted by Gasteiger charge is -2.56. The van der Waals surface area contributed by atoms with E-state index in [1.807, 2.05) is 61.2 Å². The van der Waals surface area contributed by atoms with Crippen molar-refractivity contribution in [3.63, 3.8) is 0 Å². The number of hydrogen-bond acceptors (Lipinski definition) is 3. The van der Waals surface area contributed by atoms with Gasteiger partial charge in [-0.15, -0.1) is 0 Å². The number of piperidine rings is 4. The summed E-state index contributed by atoms with van der Waals surface area (Å²) < 4.78 is 14.2. The van der Waals surface area contributed by atoms with E-state index in [0.717, 1.165) is 59.6 Å². The molecule has 4 fully saturated rings. The average molecular weight is 561 g/mol. The minimum absolute atomic E-state index is 0.0897. The van der Waals surface area contributed by atoms with E-state index in [1.54, 1.807) is 0 Å². The van der Waals surface area contributed by atoms with Crippen LogP contribution in [0.15, 0.2) is 42.5 Å². The minimum atomic E-state index is -0.604. The third kappa shape index (κ3) is 5.72. The highest BCUT2D eigenvalue weighted by molar-refractivity contribution is 6.42. The van der Waals surface area contributed by atoms with Crippen LogP contribution >= 0.6 is 23.2 Å². The molecule has 4 saturated heterocycles. The number of ether oxygens (including phenoxy) is 2. The molecule has 4 aliphatic rings. The Kier molecular flexibility index (Phi) is 8.31. The van der Waals surface area contributed by atoms with Crippen LogP contribution in [0, 0.1) is 5.92 Å². The Morgan fingerprint density at radius 1 is 1.13 bits per heavy atom. The van der Waals surface area contributed by atoms with Crippen molar-refractivity contribution in [2.45, 2.75) is 77.2 Å². The fourth-order valence-corrected chi connectivity index (χ4v) is 7.11. The zero-order valence-electron chi connectivity index (χ0n) is 22.9. The van der Waals surface area contributed by atoms with Crippen LogP contribution in [0.25, 0.3) is 0 Å². The Morgan fingerprint density at radius 3 is 2.63 bits per heavy atom. The largest absolute Gasteiger partial charge is 0.491 e. The normalized spacial score (nSPS) is 29.1. The topological polar surface area (TPSA) is 38.8 Å². The van der Waals surface area contributed by atoms with Gasteiger partial charge in [0.2, 0.25) is 5.91 Å². The van der Waals surface area contributed by atoms with E-state index in [0.29, 0.717) is 23.0 Å². The Morgan fingerprint density at radius 2 is 1.92 bits per heavy atom. The van der Waals surface area contributed by atoms with E-state index in [1.165, 1.54) is 25.9 Å². The molecular formula is C31H41Cl2N2O3+. The summed E-state index contributed by atoms with van der Waals surface area (Å²) in [5.74, 6) is 1.65. The van der Waals surface area contributed by atoms with Crippen molar-refractivity contribution < 1.29 is 18.8 Å². The lowest BCUT2D eigenvalue weighted by Crippen LogP contribution is -2.67. The number of benzene rings is 2. The minimum Gasteiger partial charge on any atom is -0.491 e. The van der Waals surface area contributed by atoms with E-state index in [4.69, 9.17) is 32.7 Å². The summed E-state index contributed by atoms with van der Waals surface area (Å²) >= 11 is 12.8. The van der Waals surface area contributed by atoms with Crippen molar-refractivity contribution in [3.8, 4) is 5.75 Å². The quantitative estimate of drug-likeness (QED) is 0.332. The van der Waals surface area contributed by atoms with Crippen molar-refractivity contribution >= 4 is 29.1 Å². The van der Waals surface area contributed by atoms with Crippen LogP contribution < -0.4 is 4.74 Å². The fourth-order valence-electron chi connectivity index (χ4n) is 6.81. The van der Waals surface area contributed by atoms with Crippen molar-refractivity contribution in [2.75, 3.05) is 32.7 Å². The summed E-state index contributed by atoms with van der Waals surface area (Å²) in [6.07, 6.45) is 5.98. The molecule has 0 radical (unpaired) electrons. The third-order valence-corrected chi connectivity index (χ3v) is 9.72. The summed E-state index contributed by atoms with van der Waals surface area (Å²) in [5.41, 5.74) is 1.38. The van der Waals surface area contributed by atoms with Crippen LogP contribution in [0.5, 0.6) is 5.75 Å². The summed E-state index contributed by atoms with van der Waals surface area (Å²) in [7, 11) is 0. The van der Waals surface area contributed by atoms with Gasteiger partial charge in [0.15, 0.2) is 6.23 Å². The molecule has 2 aromatic rings. The van der Waals surface area contributed by atoms with Gasteiger partial charge >= 0.3 is 0 Å². The summed E-state index contributed by atoms with van der Waals surface area (Å²) in [4.78, 5) is 15.7. The van der Waals surface area contributed by atoms with Gasteiger partial charge in [0, 0.05) is 25.8 Å². The Bertz CT molecular complexity index is 1150. The van der Waals surface area contributed by atoms with E-state index < -0.39 is 5.60 Å². The van der Waals surface area contributed by atoms with Crippen LogP contribution in [0.2, 0.25) is 10.0 Å². The molecule has 2 aromatic carbocycles. The van der Waals surface area contributed by atoms with Gasteiger partial charge < -0.3 is 14.4 Å². The van der Waals surface area contributed by atoms with Crippen LogP contribution in [-0.4, -0.2) is 60.3 Å². The fraction of sp³-hybridized carbons (Fsp3) is 0.581. The maximum atomic E-state index is 13.7. The van der Waals surface area contributed by atoms with E-state index >= 15 is 0 Å². The number of quaternary nitrogens is 1. The second kappa shape index (κ2) is 11.4. The average Bonchev–Trinajstić information content (AvgIpc) is 2.91. The molecule has 5 nitrogen and oxygen atoms in total. The summed E-state index contributed by atoms with van der Waals surface area (Å²) in [5, 5.41) is 1.07. The van der Waals surface area contributed by atoms with Gasteiger partial charge in [-0.05, 0) is 74.9 Å². The van der Waals surface area contributed by atoms with Gasteiger partial charge in [-0.2, -0.15) is 0 Å². The zero-order chi connectivity index (χ0) is 26.9. The maximum Gasteiger partial charge on any atom is 0.227 e. The van der Waals surface area contributed by atoms with E-state index in [-0.39, 0.29) is 18.2 Å². The van der Waals surface area contributed by atoms with Crippen LogP contribution in [-0.2, 0) is 21.6 Å². The van der Waals surface area contributed by atoms with Crippen molar-refractivity contribution in [1.29, 1.82) is 0 Å². The first-order valence-corrected chi connectivity index (χ1v) is 15.0. The molecule has 2 bridgehead atoms. The van der Waals surface area contributed by atoms with Gasteiger partial charge in [-0.3, -0.25) is 9.28 Å². The van der Waals surface area contributed by atoms with Gasteiger partial charge in [-0.1, -0.05) is 41.4 Å². The highest BCUT2D eigenvalue weighted by atomic mass is 35.5. The number of nitrogens with zero attached hydrogens (tertiary/aromatic N) is 2. The second-order valence-corrected chi connectivity index (χ2v) is 12.6. The summed E-state index contributed by atoms with van der Waals surface area (Å²) in [6, 6.07) is 13.7. The first-order valence-electron chi connectivity index (χ1n) is 14.2. The number of carbonyl (C=O) groups is 1. The molecule has 38 heavy (non-hydrogen) atoms. The van der Waals surface area contributed by atoms with Crippen LogP contribution in [0.4, 0.5) is 0 Å². The maximum absolute atomic E-state index is 13.7. The molecule has 0 N–H and O–H groups in total. The zero-order valence-corrected chi connectivity index (χ0v) is 24.4. The number of halogens is 2. The summed E-state index contributed by atoms with van der Waals surface area (Å²) in [6.45, 7) is 11.0. The first-order chi connectivity index (χ1) is 18.2. The highest BCUT2D eigenvalue weighted by Crippen LogP contribution is 2.45. The Balaban J connectivity index is 1.41. The number of amides is 1. The first kappa shape index (κ1) is 27.8. The Hall–Kier alpha value is -1.79. The highest BCUT2D eigenvalue weighted by Gasteiger charge is 2.52. The molecule has 0 aromatic heterocycles. The standard InChI is InChI=1S/C31H41Cl2N2O3/c1-4-35-15-11-23(12-16-35)19-30(35)38-31(25-9-10-27(32)28(33)20-25)13-6-14-34(21-31)29(36)18-24-7-5-8-26(17-24)37-22(2)3/h5,7-10,17,20,22-23,30H,4,6,11-16,18-19,21H2,1-3H3/q+1. The van der Waals surface area contributed by atoms with Crippen molar-refractivity contribution in [1.82, 2.24) is 4.90 Å². The molecule has 0 spiro atoms. The smallest absolute Gasteiger partial charge is 0.227 e. The van der Waals surface area contributed by atoms with E-state index in [9.17, 15) is 4.79 Å². The molecule has 0 saturated carbocycles. The van der Waals surface area contributed by atoms with Gasteiger partial charge in [0.25, 0.3) is 0 Å². The molecule has 206 valence electrons. The monoisotopic (exact) mass is 559 g/mol. The van der Waals surface area contributed by atoms with Crippen molar-refractivity contribution in [2.24, 2.45) is 5.92 Å². The number of carbonyl (C=O) groups excluding carboxylic acids is 1. The van der Waals surface area contributed by atoms with Crippen LogP contribution in [0.3, 0.4) is 0 Å². The van der Waals surface area contributed by atoms with Gasteiger partial charge in [0.05, 0.1) is 48.7 Å². The van der Waals surface area contributed by atoms with E-state index in [2.05, 4.69) is 6.92 Å². The lowest BCUT2D eigenvalue weighted by atomic mass is 9.82. The number of fused-ring (bicyclic) bond motifs is 3. The molecule has 6 rings (SSSR count). The molecule has 7 heteroatoms. The number of rotatable bonds is 8. The molecule has 1 amide bonds. The molecule has 2 atom stereocenters. The third-order valence-electron chi connectivity index (χ3n) is 8.98. The van der Waals surface area contributed by atoms with Gasteiger partial charge in [0.1, 0.15) is 11.4 Å². The number of likely N-dealkylation sites (tertiary alicyclic amines) is 1. The lowest BCUT2D eigenvalue weighted by molar-refractivity contribution is -0.987. The SMILES string of the molecule is CC[N+]12CCC(CC1)CC2OC1(c2ccc(Cl)c(Cl)c2)CCCN(C(=O)Cc2cccc(OC(C)C)c2)C1. The molecule has 4 heterocycles. The van der Waals surface area contributed by atoms with Gasteiger partial charge in [-0.25, -0.2) is 0 Å². The molecule has 0 aliphatic carbocycles. The van der Waals surface area contributed by atoms with Crippen LogP contribution in [0.1, 0.15) is 64.0 Å².